The number of sulfonamides is 1. The first-order valence-corrected chi connectivity index (χ1v) is 8.39. The van der Waals surface area contributed by atoms with Crippen LogP contribution >= 0.6 is 0 Å². The van der Waals surface area contributed by atoms with E-state index in [-0.39, 0.29) is 12.6 Å². The van der Waals surface area contributed by atoms with E-state index >= 15 is 0 Å². The second kappa shape index (κ2) is 5.02. The van der Waals surface area contributed by atoms with Crippen LogP contribution in [0.1, 0.15) is 24.8 Å². The van der Waals surface area contributed by atoms with Crippen LogP contribution in [0.3, 0.4) is 0 Å². The second-order valence-corrected chi connectivity index (χ2v) is 7.48. The Bertz CT molecular complexity index is 615. The Kier molecular flexibility index (Phi) is 3.48. The third-order valence-electron chi connectivity index (χ3n) is 4.44. The highest BCUT2D eigenvalue weighted by molar-refractivity contribution is 7.89. The molecule has 0 amide bonds. The molecule has 1 aliphatic carbocycles. The van der Waals surface area contributed by atoms with Gasteiger partial charge in [-0.2, -0.15) is 4.31 Å². The van der Waals surface area contributed by atoms with Gasteiger partial charge in [-0.3, -0.25) is 0 Å². The number of fused-ring (bicyclic) bond motifs is 2. The van der Waals surface area contributed by atoms with Crippen LogP contribution in [0.5, 0.6) is 5.75 Å². The molecule has 0 spiro atoms. The molecule has 2 unspecified atom stereocenters. The second-order valence-electron chi connectivity index (χ2n) is 5.59. The largest absolute Gasteiger partial charge is 0.496 e. The van der Waals surface area contributed by atoms with Crippen molar-refractivity contribution in [1.82, 2.24) is 4.31 Å². The zero-order valence-corrected chi connectivity index (χ0v) is 12.4. The molecule has 1 saturated carbocycles. The lowest BCUT2D eigenvalue weighted by Crippen LogP contribution is -2.37. The van der Waals surface area contributed by atoms with Gasteiger partial charge in [-0.25, -0.2) is 8.42 Å². The molecule has 2 aliphatic rings. The number of rotatable bonds is 4. The molecule has 110 valence electrons. The standard InChI is InChI=1S/C14H20N2O3S/c1-19-14-5-4-13(7-11(14)8-15)20(17,18)16-9-10-2-3-12(16)6-10/h4-5,7,10,12H,2-3,6,8-9,15H2,1H3. The minimum atomic E-state index is -3.40. The first-order chi connectivity index (χ1) is 9.56. The van der Waals surface area contributed by atoms with E-state index in [0.29, 0.717) is 23.1 Å². The lowest BCUT2D eigenvalue weighted by atomic mass is 10.1. The topological polar surface area (TPSA) is 72.6 Å². The highest BCUT2D eigenvalue weighted by Crippen LogP contribution is 2.40. The van der Waals surface area contributed by atoms with Crippen LogP contribution in [0.15, 0.2) is 23.1 Å². The van der Waals surface area contributed by atoms with Crippen molar-refractivity contribution in [2.75, 3.05) is 13.7 Å². The summed E-state index contributed by atoms with van der Waals surface area (Å²) in [6, 6.07) is 5.12. The predicted octanol–water partition coefficient (Wildman–Crippen LogP) is 1.33. The van der Waals surface area contributed by atoms with E-state index in [4.69, 9.17) is 10.5 Å². The molecule has 2 N–H and O–H groups in total. The number of methoxy groups -OCH3 is 1. The summed E-state index contributed by atoms with van der Waals surface area (Å²) >= 11 is 0. The van der Waals surface area contributed by atoms with Crippen LogP contribution in [0, 0.1) is 5.92 Å². The van der Waals surface area contributed by atoms with Crippen molar-refractivity contribution >= 4 is 10.0 Å². The Labute approximate surface area is 119 Å². The SMILES string of the molecule is COc1ccc(S(=O)(=O)N2CC3CCC2C3)cc1CN. The van der Waals surface area contributed by atoms with Gasteiger partial charge in [0.25, 0.3) is 0 Å². The highest BCUT2D eigenvalue weighted by Gasteiger charge is 2.44. The minimum absolute atomic E-state index is 0.188. The number of hydrogen-bond donors (Lipinski definition) is 1. The third-order valence-corrected chi connectivity index (χ3v) is 6.35. The number of ether oxygens (including phenoxy) is 1. The third kappa shape index (κ3) is 2.12. The summed E-state index contributed by atoms with van der Waals surface area (Å²) in [5.74, 6) is 1.18. The van der Waals surface area contributed by atoms with Gasteiger partial charge < -0.3 is 10.5 Å². The number of nitrogens with zero attached hydrogens (tertiary/aromatic N) is 1. The van der Waals surface area contributed by atoms with Gasteiger partial charge in [-0.05, 0) is 43.4 Å². The molecule has 0 radical (unpaired) electrons. The summed E-state index contributed by atoms with van der Waals surface area (Å²) in [5, 5.41) is 0. The summed E-state index contributed by atoms with van der Waals surface area (Å²) in [6.45, 7) is 0.926. The first-order valence-electron chi connectivity index (χ1n) is 6.95. The zero-order chi connectivity index (χ0) is 14.3. The molecule has 1 aromatic carbocycles. The maximum Gasteiger partial charge on any atom is 0.243 e. The van der Waals surface area contributed by atoms with E-state index in [2.05, 4.69) is 0 Å². The fourth-order valence-electron chi connectivity index (χ4n) is 3.38. The molecule has 1 saturated heterocycles. The first kappa shape index (κ1) is 13.9. The van der Waals surface area contributed by atoms with E-state index in [1.165, 1.54) is 0 Å². The summed E-state index contributed by atoms with van der Waals surface area (Å²) in [7, 11) is -1.85. The van der Waals surface area contributed by atoms with Crippen LogP contribution in [0.25, 0.3) is 0 Å². The average Bonchev–Trinajstić information content (AvgIpc) is 3.09. The molecule has 0 aromatic heterocycles. The smallest absolute Gasteiger partial charge is 0.243 e. The Balaban J connectivity index is 1.95. The van der Waals surface area contributed by atoms with Crippen molar-refractivity contribution in [1.29, 1.82) is 0 Å². The summed E-state index contributed by atoms with van der Waals surface area (Å²) in [5.41, 5.74) is 6.38. The lowest BCUT2D eigenvalue weighted by molar-refractivity contribution is 0.333. The van der Waals surface area contributed by atoms with Crippen LogP contribution in [0.4, 0.5) is 0 Å². The number of hydrogen-bond acceptors (Lipinski definition) is 4. The monoisotopic (exact) mass is 296 g/mol. The van der Waals surface area contributed by atoms with Gasteiger partial charge in [0.2, 0.25) is 10.0 Å². The van der Waals surface area contributed by atoms with Gasteiger partial charge in [0.15, 0.2) is 0 Å². The Morgan fingerprint density at radius 2 is 2.20 bits per heavy atom. The molecule has 2 atom stereocenters. The average molecular weight is 296 g/mol. The summed E-state index contributed by atoms with van der Waals surface area (Å²) in [6.07, 6.45) is 3.16. The highest BCUT2D eigenvalue weighted by atomic mass is 32.2. The fourth-order valence-corrected chi connectivity index (χ4v) is 5.18. The van der Waals surface area contributed by atoms with Gasteiger partial charge in [-0.1, -0.05) is 0 Å². The van der Waals surface area contributed by atoms with Crippen LogP contribution in [-0.2, 0) is 16.6 Å². The minimum Gasteiger partial charge on any atom is -0.496 e. The van der Waals surface area contributed by atoms with Gasteiger partial charge in [0.05, 0.1) is 12.0 Å². The predicted molar refractivity (Wildman–Crippen MR) is 75.9 cm³/mol. The van der Waals surface area contributed by atoms with Crippen molar-refractivity contribution in [2.45, 2.75) is 36.7 Å². The fraction of sp³-hybridized carbons (Fsp3) is 0.571. The molecule has 1 aliphatic heterocycles. The van der Waals surface area contributed by atoms with Gasteiger partial charge in [0, 0.05) is 24.7 Å². The van der Waals surface area contributed by atoms with Crippen molar-refractivity contribution in [3.63, 3.8) is 0 Å². The van der Waals surface area contributed by atoms with Gasteiger partial charge in [-0.15, -0.1) is 0 Å². The Morgan fingerprint density at radius 1 is 1.40 bits per heavy atom. The molecular formula is C14H20N2O3S. The molecular weight excluding hydrogens is 276 g/mol. The maximum atomic E-state index is 12.7. The van der Waals surface area contributed by atoms with Crippen LogP contribution < -0.4 is 10.5 Å². The zero-order valence-electron chi connectivity index (χ0n) is 11.6. The van der Waals surface area contributed by atoms with Crippen molar-refractivity contribution < 1.29 is 13.2 Å². The van der Waals surface area contributed by atoms with E-state index in [9.17, 15) is 8.42 Å². The van der Waals surface area contributed by atoms with Gasteiger partial charge in [0.1, 0.15) is 5.75 Å². The number of benzene rings is 1. The number of nitrogens with two attached hydrogens (primary N) is 1. The molecule has 2 fully saturated rings. The summed E-state index contributed by atoms with van der Waals surface area (Å²) in [4.78, 5) is 0.325. The Morgan fingerprint density at radius 3 is 2.75 bits per heavy atom. The Hall–Kier alpha value is -1.11. The van der Waals surface area contributed by atoms with Crippen molar-refractivity contribution in [3.8, 4) is 5.75 Å². The van der Waals surface area contributed by atoms with Crippen LogP contribution in [-0.4, -0.2) is 32.4 Å². The van der Waals surface area contributed by atoms with E-state index in [1.807, 2.05) is 0 Å². The maximum absolute atomic E-state index is 12.7. The lowest BCUT2D eigenvalue weighted by Gasteiger charge is -2.26. The molecule has 1 heterocycles. The van der Waals surface area contributed by atoms with Gasteiger partial charge >= 0.3 is 0 Å². The summed E-state index contributed by atoms with van der Waals surface area (Å²) < 4.78 is 32.3. The quantitative estimate of drug-likeness (QED) is 0.909. The van der Waals surface area contributed by atoms with E-state index < -0.39 is 10.0 Å². The number of piperidine rings is 1. The van der Waals surface area contributed by atoms with Crippen LogP contribution in [0.2, 0.25) is 0 Å². The van der Waals surface area contributed by atoms with Crippen molar-refractivity contribution in [2.24, 2.45) is 11.7 Å². The molecule has 1 aromatic rings. The molecule has 2 bridgehead atoms. The molecule has 6 heteroatoms. The molecule has 3 rings (SSSR count). The van der Waals surface area contributed by atoms with E-state index in [1.54, 1.807) is 29.6 Å². The van der Waals surface area contributed by atoms with Crippen molar-refractivity contribution in [3.05, 3.63) is 23.8 Å². The van der Waals surface area contributed by atoms with E-state index in [0.717, 1.165) is 24.8 Å². The molecule has 5 nitrogen and oxygen atoms in total. The molecule has 20 heavy (non-hydrogen) atoms. The normalized spacial score (nSPS) is 26.1.